The van der Waals surface area contributed by atoms with Crippen molar-refractivity contribution in [1.82, 2.24) is 20.1 Å². The molecule has 2 aromatic heterocycles. The zero-order chi connectivity index (χ0) is 16.0. The molecule has 0 spiro atoms. The van der Waals surface area contributed by atoms with Gasteiger partial charge in [0, 0.05) is 41.3 Å². The second-order valence-electron chi connectivity index (χ2n) is 5.89. The molecule has 0 saturated carbocycles. The molecule has 0 saturated heterocycles. The fraction of sp³-hybridized carbons (Fsp3) is 0.294. The zero-order valence-electron chi connectivity index (χ0n) is 12.8. The summed E-state index contributed by atoms with van der Waals surface area (Å²) in [6.45, 7) is 2.81. The Morgan fingerprint density at radius 2 is 2.26 bits per heavy atom. The van der Waals surface area contributed by atoms with Crippen LogP contribution < -0.4 is 5.32 Å². The van der Waals surface area contributed by atoms with Gasteiger partial charge in [0.05, 0.1) is 12.2 Å². The maximum absolute atomic E-state index is 11.6. The van der Waals surface area contributed by atoms with Crippen LogP contribution in [0.15, 0.2) is 36.7 Å². The van der Waals surface area contributed by atoms with Crippen molar-refractivity contribution in [2.75, 3.05) is 0 Å². The zero-order valence-corrected chi connectivity index (χ0v) is 12.8. The number of fused-ring (bicyclic) bond motifs is 3. The summed E-state index contributed by atoms with van der Waals surface area (Å²) in [4.78, 5) is 15.0. The number of nitrogens with zero attached hydrogens (tertiary/aromatic N) is 2. The van der Waals surface area contributed by atoms with Gasteiger partial charge >= 0.3 is 5.97 Å². The molecule has 3 heterocycles. The normalized spacial score (nSPS) is 20.6. The van der Waals surface area contributed by atoms with Crippen LogP contribution in [0.3, 0.4) is 0 Å². The molecule has 0 aliphatic carbocycles. The number of carboxylic acid groups (broad SMARTS) is 1. The number of hydrogen-bond donors (Lipinski definition) is 3. The molecule has 0 unspecified atom stereocenters. The van der Waals surface area contributed by atoms with E-state index in [0.717, 1.165) is 34.3 Å². The minimum atomic E-state index is -0.825. The Hall–Kier alpha value is -2.60. The first-order chi connectivity index (χ1) is 11.2. The Kier molecular flexibility index (Phi) is 3.20. The van der Waals surface area contributed by atoms with E-state index in [-0.39, 0.29) is 6.04 Å². The first-order valence-electron chi connectivity index (χ1n) is 7.78. The van der Waals surface area contributed by atoms with Gasteiger partial charge in [-0.05, 0) is 18.6 Å². The van der Waals surface area contributed by atoms with Gasteiger partial charge in [0.1, 0.15) is 6.04 Å². The molecular formula is C17H18N4O2. The third-order valence-corrected chi connectivity index (χ3v) is 4.52. The Bertz CT molecular complexity index is 880. The van der Waals surface area contributed by atoms with Crippen LogP contribution in [0.5, 0.6) is 0 Å². The second-order valence-corrected chi connectivity index (χ2v) is 5.89. The minimum absolute atomic E-state index is 0.187. The number of H-pyrrole nitrogens is 1. The predicted molar refractivity (Wildman–Crippen MR) is 86.3 cm³/mol. The van der Waals surface area contributed by atoms with E-state index < -0.39 is 12.0 Å². The molecule has 0 bridgehead atoms. The fourth-order valence-electron chi connectivity index (χ4n) is 3.36. The van der Waals surface area contributed by atoms with Gasteiger partial charge in [-0.2, -0.15) is 5.10 Å². The number of aryl methyl sites for hydroxylation is 1. The molecule has 1 aliphatic heterocycles. The molecular weight excluding hydrogens is 292 g/mol. The lowest BCUT2D eigenvalue weighted by molar-refractivity contribution is -0.139. The van der Waals surface area contributed by atoms with Gasteiger partial charge in [-0.1, -0.05) is 18.2 Å². The number of carbonyl (C=O) groups is 1. The van der Waals surface area contributed by atoms with Gasteiger partial charge in [0.15, 0.2) is 0 Å². The van der Waals surface area contributed by atoms with Crippen LogP contribution in [-0.4, -0.2) is 31.9 Å². The van der Waals surface area contributed by atoms with Gasteiger partial charge in [-0.3, -0.25) is 14.8 Å². The number of rotatable bonds is 3. The quantitative estimate of drug-likeness (QED) is 0.691. The molecule has 118 valence electrons. The molecule has 0 fully saturated rings. The summed E-state index contributed by atoms with van der Waals surface area (Å²) in [7, 11) is 0. The molecule has 1 aromatic carbocycles. The molecule has 3 aromatic rings. The van der Waals surface area contributed by atoms with E-state index >= 15 is 0 Å². The van der Waals surface area contributed by atoms with E-state index in [4.69, 9.17) is 0 Å². The molecule has 1 aliphatic rings. The van der Waals surface area contributed by atoms with Crippen LogP contribution in [0.1, 0.15) is 29.8 Å². The summed E-state index contributed by atoms with van der Waals surface area (Å²) >= 11 is 0. The Morgan fingerprint density at radius 1 is 1.43 bits per heavy atom. The molecule has 6 heteroatoms. The van der Waals surface area contributed by atoms with Gasteiger partial charge in [0.2, 0.25) is 0 Å². The van der Waals surface area contributed by atoms with Crippen molar-refractivity contribution in [3.05, 3.63) is 53.5 Å². The highest BCUT2D eigenvalue weighted by molar-refractivity contribution is 5.87. The van der Waals surface area contributed by atoms with E-state index in [1.54, 1.807) is 6.20 Å². The van der Waals surface area contributed by atoms with Crippen LogP contribution >= 0.6 is 0 Å². The highest BCUT2D eigenvalue weighted by atomic mass is 16.4. The highest BCUT2D eigenvalue weighted by Crippen LogP contribution is 2.35. The lowest BCUT2D eigenvalue weighted by Crippen LogP contribution is -2.44. The summed E-state index contributed by atoms with van der Waals surface area (Å²) in [5, 5.41) is 18.2. The van der Waals surface area contributed by atoms with Crippen molar-refractivity contribution in [2.24, 2.45) is 0 Å². The molecule has 4 rings (SSSR count). The van der Waals surface area contributed by atoms with Gasteiger partial charge in [-0.25, -0.2) is 0 Å². The SMILES string of the molecule is CCn1cc([C@H]2N[C@@H](C(=O)O)Cc3c2[nH]c2ccccc32)cn1. The second kappa shape index (κ2) is 5.24. The number of carboxylic acids is 1. The first-order valence-corrected chi connectivity index (χ1v) is 7.78. The third-order valence-electron chi connectivity index (χ3n) is 4.52. The minimum Gasteiger partial charge on any atom is -0.480 e. The smallest absolute Gasteiger partial charge is 0.321 e. The van der Waals surface area contributed by atoms with Crippen molar-refractivity contribution in [3.63, 3.8) is 0 Å². The summed E-state index contributed by atoms with van der Waals surface area (Å²) < 4.78 is 1.85. The average Bonchev–Trinajstić information content (AvgIpc) is 3.18. The summed E-state index contributed by atoms with van der Waals surface area (Å²) in [6, 6.07) is 7.25. The van der Waals surface area contributed by atoms with Crippen LogP contribution in [0.2, 0.25) is 0 Å². The Labute approximate surface area is 133 Å². The summed E-state index contributed by atoms with van der Waals surface area (Å²) in [5.74, 6) is -0.825. The predicted octanol–water partition coefficient (Wildman–Crippen LogP) is 2.07. The Balaban J connectivity index is 1.87. The van der Waals surface area contributed by atoms with Crippen molar-refractivity contribution in [3.8, 4) is 0 Å². The van der Waals surface area contributed by atoms with Crippen molar-refractivity contribution in [2.45, 2.75) is 32.0 Å². The number of aliphatic carboxylic acids is 1. The van der Waals surface area contributed by atoms with Gasteiger partial charge in [0.25, 0.3) is 0 Å². The lowest BCUT2D eigenvalue weighted by atomic mass is 9.91. The van der Waals surface area contributed by atoms with E-state index in [2.05, 4.69) is 15.4 Å². The number of aromatic nitrogens is 3. The van der Waals surface area contributed by atoms with E-state index in [1.165, 1.54) is 0 Å². The molecule has 0 radical (unpaired) electrons. The van der Waals surface area contributed by atoms with Gasteiger partial charge < -0.3 is 10.1 Å². The molecule has 23 heavy (non-hydrogen) atoms. The van der Waals surface area contributed by atoms with Crippen LogP contribution in [0.25, 0.3) is 10.9 Å². The van der Waals surface area contributed by atoms with E-state index in [9.17, 15) is 9.90 Å². The maximum atomic E-state index is 11.6. The summed E-state index contributed by atoms with van der Waals surface area (Å²) in [6.07, 6.45) is 4.25. The summed E-state index contributed by atoms with van der Waals surface area (Å²) in [5.41, 5.74) is 4.14. The number of para-hydroxylation sites is 1. The maximum Gasteiger partial charge on any atom is 0.321 e. The van der Waals surface area contributed by atoms with Crippen molar-refractivity contribution >= 4 is 16.9 Å². The number of hydrogen-bond acceptors (Lipinski definition) is 3. The Morgan fingerprint density at radius 3 is 3.00 bits per heavy atom. The first kappa shape index (κ1) is 14.0. The highest BCUT2D eigenvalue weighted by Gasteiger charge is 2.34. The average molecular weight is 310 g/mol. The number of aromatic amines is 1. The number of benzene rings is 1. The fourth-order valence-corrected chi connectivity index (χ4v) is 3.36. The van der Waals surface area contributed by atoms with Crippen LogP contribution in [0, 0.1) is 0 Å². The van der Waals surface area contributed by atoms with Crippen molar-refractivity contribution in [1.29, 1.82) is 0 Å². The van der Waals surface area contributed by atoms with Crippen molar-refractivity contribution < 1.29 is 9.90 Å². The molecule has 2 atom stereocenters. The largest absolute Gasteiger partial charge is 0.480 e. The standard InChI is InChI=1S/C17H18N4O2/c1-2-21-9-10(8-18-21)15-16-12(7-14(20-15)17(22)23)11-5-3-4-6-13(11)19-16/h3-6,8-9,14-15,19-20H,2,7H2,1H3,(H,22,23)/t14-,15-/m1/s1. The molecule has 3 N–H and O–H groups in total. The molecule has 0 amide bonds. The third kappa shape index (κ3) is 2.22. The lowest BCUT2D eigenvalue weighted by Gasteiger charge is -2.28. The van der Waals surface area contributed by atoms with Crippen LogP contribution in [-0.2, 0) is 17.8 Å². The topological polar surface area (TPSA) is 82.9 Å². The van der Waals surface area contributed by atoms with E-state index in [1.807, 2.05) is 42.1 Å². The van der Waals surface area contributed by atoms with E-state index in [0.29, 0.717) is 6.42 Å². The van der Waals surface area contributed by atoms with Gasteiger partial charge in [-0.15, -0.1) is 0 Å². The number of nitrogens with one attached hydrogen (secondary N) is 2. The molecule has 6 nitrogen and oxygen atoms in total. The monoisotopic (exact) mass is 310 g/mol. The van der Waals surface area contributed by atoms with Crippen LogP contribution in [0.4, 0.5) is 0 Å².